The maximum atomic E-state index is 12.7. The number of carbonyl (C=O) groups is 1. The lowest BCUT2D eigenvalue weighted by molar-refractivity contribution is -0.116. The summed E-state index contributed by atoms with van der Waals surface area (Å²) in [7, 11) is 0. The topological polar surface area (TPSA) is 76.2 Å². The Hall–Kier alpha value is -3.45. The van der Waals surface area contributed by atoms with Gasteiger partial charge in [0.1, 0.15) is 6.54 Å². The van der Waals surface area contributed by atoms with Crippen LogP contribution in [0.15, 0.2) is 59.1 Å². The van der Waals surface area contributed by atoms with Gasteiger partial charge in [-0.05, 0) is 62.5 Å². The number of para-hydroxylation sites is 1. The zero-order valence-electron chi connectivity index (χ0n) is 19.1. The van der Waals surface area contributed by atoms with E-state index in [0.717, 1.165) is 46.7 Å². The Balaban J connectivity index is 1.35. The van der Waals surface area contributed by atoms with Gasteiger partial charge in [0.25, 0.3) is 0 Å². The van der Waals surface area contributed by atoms with Crippen LogP contribution in [0.3, 0.4) is 0 Å². The van der Waals surface area contributed by atoms with E-state index in [-0.39, 0.29) is 12.5 Å². The lowest BCUT2D eigenvalue weighted by atomic mass is 9.99. The van der Waals surface area contributed by atoms with Crippen molar-refractivity contribution in [1.29, 1.82) is 0 Å². The van der Waals surface area contributed by atoms with E-state index in [1.165, 1.54) is 12.8 Å². The number of hydrogen-bond acceptors (Lipinski definition) is 5. The number of amides is 1. The Morgan fingerprint density at radius 1 is 1.12 bits per heavy atom. The van der Waals surface area contributed by atoms with Crippen molar-refractivity contribution < 1.29 is 9.21 Å². The summed E-state index contributed by atoms with van der Waals surface area (Å²) in [5.41, 5.74) is 3.70. The van der Waals surface area contributed by atoms with Gasteiger partial charge in [0, 0.05) is 22.8 Å². The highest BCUT2D eigenvalue weighted by Gasteiger charge is 2.20. The van der Waals surface area contributed by atoms with Crippen LogP contribution in [-0.4, -0.2) is 38.7 Å². The Morgan fingerprint density at radius 2 is 1.94 bits per heavy atom. The number of likely N-dealkylation sites (tertiary alicyclic amines) is 1. The van der Waals surface area contributed by atoms with E-state index in [1.807, 2.05) is 66.2 Å². The van der Waals surface area contributed by atoms with Crippen LogP contribution in [0.5, 0.6) is 0 Å². The van der Waals surface area contributed by atoms with E-state index >= 15 is 0 Å². The minimum Gasteiger partial charge on any atom is -0.419 e. The molecule has 0 unspecified atom stereocenters. The van der Waals surface area contributed by atoms with Crippen molar-refractivity contribution in [3.63, 3.8) is 0 Å². The summed E-state index contributed by atoms with van der Waals surface area (Å²) in [5.74, 6) is 1.82. The molecule has 0 saturated carbocycles. The smallest absolute Gasteiger partial charge is 0.249 e. The standard InChI is InChI=1S/C26H29N5O2/c1-18-10-12-30(13-11-18)17-25-28-29-26(33-25)22-15-31(23-9-4-3-8-21(22)23)16-24(32)27-20-7-5-6-19(2)14-20/h3-9,14-15,18H,10-13,16-17H2,1-2H3,(H,27,32). The molecule has 33 heavy (non-hydrogen) atoms. The van der Waals surface area contributed by atoms with Gasteiger partial charge in [-0.3, -0.25) is 9.69 Å². The Kier molecular flexibility index (Phi) is 5.96. The fraction of sp³-hybridized carbons (Fsp3) is 0.346. The van der Waals surface area contributed by atoms with Crippen LogP contribution >= 0.6 is 0 Å². The van der Waals surface area contributed by atoms with Crippen molar-refractivity contribution in [2.45, 2.75) is 39.8 Å². The van der Waals surface area contributed by atoms with Crippen molar-refractivity contribution in [3.8, 4) is 11.5 Å². The summed E-state index contributed by atoms with van der Waals surface area (Å²) < 4.78 is 7.99. The first kappa shape index (κ1) is 21.4. The zero-order chi connectivity index (χ0) is 22.8. The molecule has 170 valence electrons. The van der Waals surface area contributed by atoms with Crippen LogP contribution in [0.2, 0.25) is 0 Å². The number of carbonyl (C=O) groups excluding carboxylic acids is 1. The van der Waals surface area contributed by atoms with Crippen LogP contribution in [0, 0.1) is 12.8 Å². The normalized spacial score (nSPS) is 15.2. The van der Waals surface area contributed by atoms with E-state index in [2.05, 4.69) is 27.3 Å². The number of piperidine rings is 1. The largest absolute Gasteiger partial charge is 0.419 e. The maximum Gasteiger partial charge on any atom is 0.249 e. The average molecular weight is 444 g/mol. The summed E-state index contributed by atoms with van der Waals surface area (Å²) in [5, 5.41) is 12.6. The van der Waals surface area contributed by atoms with Gasteiger partial charge in [-0.15, -0.1) is 10.2 Å². The summed E-state index contributed by atoms with van der Waals surface area (Å²) >= 11 is 0. The minimum atomic E-state index is -0.0848. The van der Waals surface area contributed by atoms with Crippen molar-refractivity contribution in [2.24, 2.45) is 5.92 Å². The number of aromatic nitrogens is 3. The predicted molar refractivity (Wildman–Crippen MR) is 129 cm³/mol. The predicted octanol–water partition coefficient (Wildman–Crippen LogP) is 4.87. The van der Waals surface area contributed by atoms with E-state index in [1.54, 1.807) is 0 Å². The molecule has 0 radical (unpaired) electrons. The number of nitrogens with one attached hydrogen (secondary N) is 1. The van der Waals surface area contributed by atoms with Gasteiger partial charge in [-0.1, -0.05) is 37.3 Å². The average Bonchev–Trinajstić information content (AvgIpc) is 3.40. The van der Waals surface area contributed by atoms with Crippen molar-refractivity contribution in [2.75, 3.05) is 18.4 Å². The van der Waals surface area contributed by atoms with Crippen LogP contribution < -0.4 is 5.32 Å². The molecule has 4 aromatic rings. The first-order valence-electron chi connectivity index (χ1n) is 11.5. The minimum absolute atomic E-state index is 0.0848. The van der Waals surface area contributed by atoms with Gasteiger partial charge in [0.15, 0.2) is 0 Å². The lowest BCUT2D eigenvalue weighted by Crippen LogP contribution is -2.32. The number of rotatable bonds is 6. The molecule has 2 aromatic carbocycles. The van der Waals surface area contributed by atoms with E-state index in [4.69, 9.17) is 4.42 Å². The maximum absolute atomic E-state index is 12.7. The van der Waals surface area contributed by atoms with Gasteiger partial charge in [-0.25, -0.2) is 0 Å². The Bertz CT molecular complexity index is 1270. The number of aryl methyl sites for hydroxylation is 1. The lowest BCUT2D eigenvalue weighted by Gasteiger charge is -2.28. The second-order valence-corrected chi connectivity index (χ2v) is 9.07. The SMILES string of the molecule is Cc1cccc(NC(=O)Cn2cc(-c3nnc(CN4CCC(C)CC4)o3)c3ccccc32)c1. The number of nitrogens with zero attached hydrogens (tertiary/aromatic N) is 4. The summed E-state index contributed by atoms with van der Waals surface area (Å²) in [6.07, 6.45) is 4.35. The number of fused-ring (bicyclic) bond motifs is 1. The van der Waals surface area contributed by atoms with Gasteiger partial charge in [0.2, 0.25) is 17.7 Å². The molecule has 1 saturated heterocycles. The third-order valence-electron chi connectivity index (χ3n) is 6.34. The Morgan fingerprint density at radius 3 is 2.76 bits per heavy atom. The van der Waals surface area contributed by atoms with Crippen molar-refractivity contribution in [3.05, 3.63) is 66.2 Å². The molecule has 1 aliphatic heterocycles. The van der Waals surface area contributed by atoms with Crippen molar-refractivity contribution >= 4 is 22.5 Å². The molecule has 1 aliphatic rings. The van der Waals surface area contributed by atoms with Crippen molar-refractivity contribution in [1.82, 2.24) is 19.7 Å². The molecular weight excluding hydrogens is 414 g/mol. The summed E-state index contributed by atoms with van der Waals surface area (Å²) in [6.45, 7) is 7.31. The molecule has 0 bridgehead atoms. The van der Waals surface area contributed by atoms with Crippen LogP contribution in [0.4, 0.5) is 5.69 Å². The number of benzene rings is 2. The molecule has 1 fully saturated rings. The molecule has 5 rings (SSSR count). The molecule has 0 aliphatic carbocycles. The van der Waals surface area contributed by atoms with E-state index in [9.17, 15) is 4.79 Å². The highest BCUT2D eigenvalue weighted by molar-refractivity contribution is 5.96. The first-order valence-corrected chi connectivity index (χ1v) is 11.5. The highest BCUT2D eigenvalue weighted by Crippen LogP contribution is 2.30. The van der Waals surface area contributed by atoms with Gasteiger partial charge >= 0.3 is 0 Å². The fourth-order valence-electron chi connectivity index (χ4n) is 4.46. The summed E-state index contributed by atoms with van der Waals surface area (Å²) in [4.78, 5) is 15.1. The fourth-order valence-corrected chi connectivity index (χ4v) is 4.46. The molecule has 1 amide bonds. The summed E-state index contributed by atoms with van der Waals surface area (Å²) in [6, 6.07) is 15.8. The van der Waals surface area contributed by atoms with Gasteiger partial charge in [0.05, 0.1) is 12.1 Å². The molecule has 0 spiro atoms. The Labute approximate surface area is 193 Å². The third-order valence-corrected chi connectivity index (χ3v) is 6.34. The van der Waals surface area contributed by atoms with E-state index in [0.29, 0.717) is 18.3 Å². The molecule has 7 nitrogen and oxygen atoms in total. The molecule has 3 heterocycles. The number of hydrogen-bond donors (Lipinski definition) is 1. The molecule has 1 N–H and O–H groups in total. The third kappa shape index (κ3) is 4.83. The van der Waals surface area contributed by atoms with E-state index < -0.39 is 0 Å². The quantitative estimate of drug-likeness (QED) is 0.460. The molecule has 7 heteroatoms. The van der Waals surface area contributed by atoms with Crippen LogP contribution in [0.25, 0.3) is 22.4 Å². The zero-order valence-corrected chi connectivity index (χ0v) is 19.1. The molecular formula is C26H29N5O2. The monoisotopic (exact) mass is 443 g/mol. The highest BCUT2D eigenvalue weighted by atomic mass is 16.4. The first-order chi connectivity index (χ1) is 16.0. The molecule has 0 atom stereocenters. The van der Waals surface area contributed by atoms with Gasteiger partial charge in [-0.2, -0.15) is 0 Å². The molecule has 2 aromatic heterocycles. The second-order valence-electron chi connectivity index (χ2n) is 9.07. The second kappa shape index (κ2) is 9.19. The van der Waals surface area contributed by atoms with Gasteiger partial charge < -0.3 is 14.3 Å². The van der Waals surface area contributed by atoms with Crippen LogP contribution in [0.1, 0.15) is 31.2 Å². The number of anilines is 1. The van der Waals surface area contributed by atoms with Crippen LogP contribution in [-0.2, 0) is 17.9 Å².